The Morgan fingerprint density at radius 1 is 1.14 bits per heavy atom. The zero-order chi connectivity index (χ0) is 14.3. The number of hydrogen-bond donors (Lipinski definition) is 0. The van der Waals surface area contributed by atoms with Crippen molar-refractivity contribution in [1.29, 1.82) is 0 Å². The van der Waals surface area contributed by atoms with E-state index in [1.54, 1.807) is 0 Å². The number of hydrogen-bond acceptors (Lipinski definition) is 3. The van der Waals surface area contributed by atoms with Gasteiger partial charge in [-0.3, -0.25) is 4.90 Å². The summed E-state index contributed by atoms with van der Waals surface area (Å²) in [5.74, 6) is 0.709. The van der Waals surface area contributed by atoms with Gasteiger partial charge in [-0.25, -0.2) is 0 Å². The minimum Gasteiger partial charge on any atom is -0.381 e. The van der Waals surface area contributed by atoms with E-state index in [1.165, 1.54) is 16.9 Å². The highest BCUT2D eigenvalue weighted by Gasteiger charge is 2.19. The van der Waals surface area contributed by atoms with Gasteiger partial charge in [0.1, 0.15) is 0 Å². The van der Waals surface area contributed by atoms with Crippen LogP contribution in [-0.4, -0.2) is 31.2 Å². The van der Waals surface area contributed by atoms with Crippen LogP contribution >= 0.6 is 11.3 Å². The molecule has 0 spiro atoms. The lowest BCUT2D eigenvalue weighted by molar-refractivity contribution is 0.165. The summed E-state index contributed by atoms with van der Waals surface area (Å²) in [6.45, 7) is 5.23. The highest BCUT2D eigenvalue weighted by Crippen LogP contribution is 2.18. The van der Waals surface area contributed by atoms with Crippen molar-refractivity contribution in [3.05, 3.63) is 58.3 Å². The first-order valence-corrected chi connectivity index (χ1v) is 8.64. The van der Waals surface area contributed by atoms with Crippen LogP contribution in [0.25, 0.3) is 0 Å². The SMILES string of the molecule is c1ccc(CCN(Cc2cccs2)CC2CCOC2)cc1. The van der Waals surface area contributed by atoms with Gasteiger partial charge in [0.2, 0.25) is 0 Å². The third-order valence-corrected chi connectivity index (χ3v) is 4.92. The van der Waals surface area contributed by atoms with Crippen molar-refractivity contribution in [1.82, 2.24) is 4.90 Å². The molecule has 1 saturated heterocycles. The van der Waals surface area contributed by atoms with Gasteiger partial charge >= 0.3 is 0 Å². The van der Waals surface area contributed by atoms with Crippen LogP contribution in [0.5, 0.6) is 0 Å². The molecule has 112 valence electrons. The van der Waals surface area contributed by atoms with Crippen LogP contribution in [0.2, 0.25) is 0 Å². The van der Waals surface area contributed by atoms with E-state index in [0.29, 0.717) is 5.92 Å². The van der Waals surface area contributed by atoms with Gasteiger partial charge < -0.3 is 4.74 Å². The first-order valence-electron chi connectivity index (χ1n) is 7.76. The number of thiophene rings is 1. The van der Waals surface area contributed by atoms with Gasteiger partial charge in [-0.2, -0.15) is 0 Å². The predicted molar refractivity (Wildman–Crippen MR) is 88.7 cm³/mol. The molecule has 0 bridgehead atoms. The number of benzene rings is 1. The van der Waals surface area contributed by atoms with E-state index in [0.717, 1.165) is 39.3 Å². The molecule has 1 aromatic heterocycles. The molecule has 2 nitrogen and oxygen atoms in total. The van der Waals surface area contributed by atoms with Crippen molar-refractivity contribution in [3.8, 4) is 0 Å². The molecule has 1 aliphatic rings. The highest BCUT2D eigenvalue weighted by atomic mass is 32.1. The lowest BCUT2D eigenvalue weighted by Crippen LogP contribution is -2.31. The molecule has 3 rings (SSSR count). The van der Waals surface area contributed by atoms with Crippen LogP contribution in [0.15, 0.2) is 47.8 Å². The fourth-order valence-corrected chi connectivity index (χ4v) is 3.63. The first kappa shape index (κ1) is 14.8. The molecule has 1 aliphatic heterocycles. The highest BCUT2D eigenvalue weighted by molar-refractivity contribution is 7.09. The van der Waals surface area contributed by atoms with E-state index in [9.17, 15) is 0 Å². The zero-order valence-corrected chi connectivity index (χ0v) is 13.2. The van der Waals surface area contributed by atoms with E-state index >= 15 is 0 Å². The third-order valence-electron chi connectivity index (χ3n) is 4.06. The Labute approximate surface area is 131 Å². The molecule has 3 heteroatoms. The quantitative estimate of drug-likeness (QED) is 0.770. The van der Waals surface area contributed by atoms with Crippen molar-refractivity contribution in [2.45, 2.75) is 19.4 Å². The summed E-state index contributed by atoms with van der Waals surface area (Å²) in [4.78, 5) is 4.06. The summed E-state index contributed by atoms with van der Waals surface area (Å²) in [5, 5.41) is 2.17. The molecule has 0 radical (unpaired) electrons. The number of nitrogens with zero attached hydrogens (tertiary/aromatic N) is 1. The second-order valence-electron chi connectivity index (χ2n) is 5.78. The van der Waals surface area contributed by atoms with Gasteiger partial charge in [-0.1, -0.05) is 36.4 Å². The Bertz CT molecular complexity index is 505. The van der Waals surface area contributed by atoms with Crippen molar-refractivity contribution in [2.24, 2.45) is 5.92 Å². The summed E-state index contributed by atoms with van der Waals surface area (Å²) in [6.07, 6.45) is 2.34. The lowest BCUT2D eigenvalue weighted by Gasteiger charge is -2.24. The molecule has 2 aromatic rings. The maximum atomic E-state index is 5.53. The van der Waals surface area contributed by atoms with E-state index in [4.69, 9.17) is 4.74 Å². The van der Waals surface area contributed by atoms with Crippen LogP contribution in [0.4, 0.5) is 0 Å². The standard InChI is InChI=1S/C18H23NOS/c1-2-5-16(6-3-1)8-10-19(13-17-9-11-20-15-17)14-18-7-4-12-21-18/h1-7,12,17H,8-11,13-15H2. The van der Waals surface area contributed by atoms with Crippen molar-refractivity contribution >= 4 is 11.3 Å². The van der Waals surface area contributed by atoms with E-state index in [-0.39, 0.29) is 0 Å². The topological polar surface area (TPSA) is 12.5 Å². The molecule has 21 heavy (non-hydrogen) atoms. The predicted octanol–water partition coefficient (Wildman–Crippen LogP) is 3.83. The van der Waals surface area contributed by atoms with Gasteiger partial charge in [-0.05, 0) is 35.8 Å². The van der Waals surface area contributed by atoms with Crippen molar-refractivity contribution in [2.75, 3.05) is 26.3 Å². The largest absolute Gasteiger partial charge is 0.381 e. The van der Waals surface area contributed by atoms with E-state index in [2.05, 4.69) is 52.7 Å². The molecule has 2 heterocycles. The maximum absolute atomic E-state index is 5.53. The maximum Gasteiger partial charge on any atom is 0.0507 e. The van der Waals surface area contributed by atoms with E-state index in [1.807, 2.05) is 11.3 Å². The minimum absolute atomic E-state index is 0.709. The van der Waals surface area contributed by atoms with Crippen LogP contribution in [-0.2, 0) is 17.7 Å². The second-order valence-corrected chi connectivity index (χ2v) is 6.81. The Balaban J connectivity index is 1.57. The molecule has 0 amide bonds. The molecule has 1 aromatic carbocycles. The van der Waals surface area contributed by atoms with Crippen LogP contribution in [0.3, 0.4) is 0 Å². The van der Waals surface area contributed by atoms with Crippen LogP contribution < -0.4 is 0 Å². The van der Waals surface area contributed by atoms with Gasteiger partial charge in [0.15, 0.2) is 0 Å². The smallest absolute Gasteiger partial charge is 0.0507 e. The molecule has 0 N–H and O–H groups in total. The monoisotopic (exact) mass is 301 g/mol. The summed E-state index contributed by atoms with van der Waals surface area (Å²) < 4.78 is 5.53. The zero-order valence-electron chi connectivity index (χ0n) is 12.4. The molecular weight excluding hydrogens is 278 g/mol. The Morgan fingerprint density at radius 2 is 2.05 bits per heavy atom. The summed E-state index contributed by atoms with van der Waals surface area (Å²) in [5.41, 5.74) is 1.43. The summed E-state index contributed by atoms with van der Waals surface area (Å²) >= 11 is 1.86. The average Bonchev–Trinajstić information content (AvgIpc) is 3.20. The van der Waals surface area contributed by atoms with Crippen molar-refractivity contribution in [3.63, 3.8) is 0 Å². The minimum atomic E-state index is 0.709. The van der Waals surface area contributed by atoms with Crippen LogP contribution in [0, 0.1) is 5.92 Å². The fraction of sp³-hybridized carbons (Fsp3) is 0.444. The molecule has 0 aliphatic carbocycles. The first-order chi connectivity index (χ1) is 10.4. The van der Waals surface area contributed by atoms with Gasteiger partial charge in [0.25, 0.3) is 0 Å². The molecular formula is C18H23NOS. The molecule has 1 fully saturated rings. The van der Waals surface area contributed by atoms with Gasteiger partial charge in [0.05, 0.1) is 6.61 Å². The Kier molecular flexibility index (Phi) is 5.44. The second kappa shape index (κ2) is 7.74. The van der Waals surface area contributed by atoms with Gasteiger partial charge in [0, 0.05) is 31.1 Å². The lowest BCUT2D eigenvalue weighted by atomic mass is 10.1. The molecule has 1 atom stereocenters. The van der Waals surface area contributed by atoms with Crippen molar-refractivity contribution < 1.29 is 4.74 Å². The Morgan fingerprint density at radius 3 is 2.76 bits per heavy atom. The summed E-state index contributed by atoms with van der Waals surface area (Å²) in [6, 6.07) is 15.2. The number of rotatable bonds is 7. The normalized spacial score (nSPS) is 18.4. The van der Waals surface area contributed by atoms with Crippen LogP contribution in [0.1, 0.15) is 16.9 Å². The number of ether oxygens (including phenoxy) is 1. The average molecular weight is 301 g/mol. The molecule has 1 unspecified atom stereocenters. The third kappa shape index (κ3) is 4.67. The summed E-state index contributed by atoms with van der Waals surface area (Å²) in [7, 11) is 0. The Hall–Kier alpha value is -1.16. The van der Waals surface area contributed by atoms with E-state index < -0.39 is 0 Å². The molecule has 0 saturated carbocycles. The fourth-order valence-electron chi connectivity index (χ4n) is 2.88. The van der Waals surface area contributed by atoms with Gasteiger partial charge in [-0.15, -0.1) is 11.3 Å².